The van der Waals surface area contributed by atoms with Crippen LogP contribution in [0.15, 0.2) is 17.0 Å². The Hall–Kier alpha value is -1.78. The van der Waals surface area contributed by atoms with Gasteiger partial charge >= 0.3 is 6.09 Å². The van der Waals surface area contributed by atoms with Crippen molar-refractivity contribution in [3.63, 3.8) is 0 Å². The molecule has 1 aromatic rings. The van der Waals surface area contributed by atoms with Gasteiger partial charge in [0.15, 0.2) is 12.2 Å². The number of amides is 1. The van der Waals surface area contributed by atoms with Crippen LogP contribution in [0.1, 0.15) is 18.4 Å². The highest BCUT2D eigenvalue weighted by atomic mass is 16.6. The summed E-state index contributed by atoms with van der Waals surface area (Å²) in [6, 6.07) is 0. The van der Waals surface area contributed by atoms with Crippen molar-refractivity contribution in [3.05, 3.63) is 24.0 Å². The first-order chi connectivity index (χ1) is 6.81. The minimum atomic E-state index is -0.370. The van der Waals surface area contributed by atoms with Crippen molar-refractivity contribution in [2.45, 2.75) is 13.5 Å². The van der Waals surface area contributed by atoms with Gasteiger partial charge in [-0.05, 0) is 13.0 Å². The van der Waals surface area contributed by atoms with Gasteiger partial charge in [-0.3, -0.25) is 4.90 Å². The Morgan fingerprint density at radius 2 is 2.64 bits per heavy atom. The summed E-state index contributed by atoms with van der Waals surface area (Å²) < 4.78 is 9.95. The molecule has 0 saturated heterocycles. The Morgan fingerprint density at radius 3 is 3.43 bits per heavy atom. The molecular weight excluding hydrogens is 184 g/mol. The maximum atomic E-state index is 11.3. The molecule has 0 N–H and O–H groups in total. The number of ether oxygens (including phenoxy) is 1. The van der Waals surface area contributed by atoms with Crippen molar-refractivity contribution in [2.75, 3.05) is 6.61 Å². The number of hydrogen-bond acceptors (Lipinski definition) is 4. The fourth-order valence-corrected chi connectivity index (χ4v) is 1.23. The van der Waals surface area contributed by atoms with Crippen LogP contribution >= 0.6 is 0 Å². The molecule has 74 valence electrons. The second-order valence-corrected chi connectivity index (χ2v) is 2.80. The molecule has 0 fully saturated rings. The van der Waals surface area contributed by atoms with E-state index in [2.05, 4.69) is 4.98 Å². The number of hydrogen-bond donors (Lipinski definition) is 0. The monoisotopic (exact) mass is 194 g/mol. The molecule has 14 heavy (non-hydrogen) atoms. The topological polar surface area (TPSA) is 55.6 Å². The molecule has 0 aliphatic carbocycles. The number of rotatable bonds is 1. The number of nitrogens with zero attached hydrogens (tertiary/aromatic N) is 2. The van der Waals surface area contributed by atoms with Crippen molar-refractivity contribution in [2.24, 2.45) is 0 Å². The van der Waals surface area contributed by atoms with Gasteiger partial charge in [0.1, 0.15) is 5.69 Å². The van der Waals surface area contributed by atoms with Crippen LogP contribution in [0.2, 0.25) is 0 Å². The smallest absolute Gasteiger partial charge is 0.414 e. The van der Waals surface area contributed by atoms with Crippen molar-refractivity contribution in [1.82, 2.24) is 9.88 Å². The van der Waals surface area contributed by atoms with Crippen LogP contribution in [0.5, 0.6) is 0 Å². The van der Waals surface area contributed by atoms with Crippen LogP contribution in [-0.4, -0.2) is 22.6 Å². The zero-order valence-corrected chi connectivity index (χ0v) is 7.77. The fourth-order valence-electron chi connectivity index (χ4n) is 1.23. The average Bonchev–Trinajstić information content (AvgIpc) is 2.64. The predicted molar refractivity (Wildman–Crippen MR) is 48.1 cm³/mol. The Bertz CT molecular complexity index is 370. The lowest BCUT2D eigenvalue weighted by Gasteiger charge is -2.18. The molecule has 5 nitrogen and oxygen atoms in total. The van der Waals surface area contributed by atoms with Gasteiger partial charge in [-0.2, -0.15) is 0 Å². The van der Waals surface area contributed by atoms with E-state index < -0.39 is 0 Å². The van der Waals surface area contributed by atoms with Gasteiger partial charge in [-0.25, -0.2) is 9.78 Å². The molecule has 0 bridgehead atoms. The van der Waals surface area contributed by atoms with E-state index in [0.717, 1.165) is 5.69 Å². The molecule has 0 saturated carbocycles. The first kappa shape index (κ1) is 8.80. The summed E-state index contributed by atoms with van der Waals surface area (Å²) in [6.45, 7) is 2.52. The molecule has 0 spiro atoms. The first-order valence-corrected chi connectivity index (χ1v) is 4.35. The molecule has 1 aromatic heterocycles. The van der Waals surface area contributed by atoms with Crippen LogP contribution in [-0.2, 0) is 11.3 Å². The molecule has 1 aliphatic rings. The van der Waals surface area contributed by atoms with Crippen LogP contribution in [0, 0.1) is 0 Å². The van der Waals surface area contributed by atoms with Crippen molar-refractivity contribution >= 4 is 12.2 Å². The number of carbonyl (C=O) groups is 1. The highest BCUT2D eigenvalue weighted by molar-refractivity contribution is 5.71. The Morgan fingerprint density at radius 1 is 1.79 bits per heavy atom. The molecule has 0 aromatic carbocycles. The zero-order chi connectivity index (χ0) is 9.97. The molecule has 0 unspecified atom stereocenters. The van der Waals surface area contributed by atoms with Crippen molar-refractivity contribution in [3.8, 4) is 0 Å². The molecule has 1 aliphatic heterocycles. The quantitative estimate of drug-likeness (QED) is 0.681. The molecule has 1 amide bonds. The van der Waals surface area contributed by atoms with Gasteiger partial charge < -0.3 is 9.15 Å². The molecular formula is C9H10N2O3. The minimum absolute atomic E-state index is 0.367. The first-order valence-electron chi connectivity index (χ1n) is 4.35. The van der Waals surface area contributed by atoms with Gasteiger partial charge in [0.2, 0.25) is 0 Å². The zero-order valence-electron chi connectivity index (χ0n) is 7.77. The molecule has 2 rings (SSSR count). The normalized spacial score (nSPS) is 13.9. The summed E-state index contributed by atoms with van der Waals surface area (Å²) in [7, 11) is 0. The second-order valence-electron chi connectivity index (χ2n) is 2.80. The summed E-state index contributed by atoms with van der Waals surface area (Å²) in [5.41, 5.74) is 0.769. The molecule has 5 heteroatoms. The molecule has 0 radical (unpaired) electrons. The van der Waals surface area contributed by atoms with Gasteiger partial charge in [-0.1, -0.05) is 0 Å². The van der Waals surface area contributed by atoms with E-state index in [-0.39, 0.29) is 6.09 Å². The molecule has 2 heterocycles. The third-order valence-corrected chi connectivity index (χ3v) is 1.90. The third-order valence-electron chi connectivity index (χ3n) is 1.90. The summed E-state index contributed by atoms with van der Waals surface area (Å²) in [5.74, 6) is 0.681. The number of fused-ring (bicyclic) bond motifs is 1. The Balaban J connectivity index is 2.10. The van der Waals surface area contributed by atoms with E-state index in [9.17, 15) is 4.79 Å². The lowest BCUT2D eigenvalue weighted by atomic mass is 10.2. The lowest BCUT2D eigenvalue weighted by Crippen LogP contribution is -2.27. The predicted octanol–water partition coefficient (Wildman–Crippen LogP) is 1.62. The maximum Gasteiger partial charge on any atom is 0.414 e. The van der Waals surface area contributed by atoms with Crippen molar-refractivity contribution < 1.29 is 13.9 Å². The summed E-state index contributed by atoms with van der Waals surface area (Å²) >= 11 is 0. The summed E-state index contributed by atoms with van der Waals surface area (Å²) in [5, 5.41) is 0. The number of oxazole rings is 1. The average molecular weight is 194 g/mol. The summed E-state index contributed by atoms with van der Waals surface area (Å²) in [6.07, 6.45) is 4.36. The van der Waals surface area contributed by atoms with E-state index in [1.807, 2.05) is 0 Å². The van der Waals surface area contributed by atoms with Crippen molar-refractivity contribution in [1.29, 1.82) is 0 Å². The van der Waals surface area contributed by atoms with Crippen LogP contribution in [0.25, 0.3) is 6.08 Å². The van der Waals surface area contributed by atoms with Gasteiger partial charge in [0.05, 0.1) is 13.2 Å². The fraction of sp³-hybridized carbons (Fsp3) is 0.333. The minimum Gasteiger partial charge on any atom is -0.449 e. The number of aromatic nitrogens is 1. The standard InChI is InChI=1S/C9H10N2O3/c1-2-13-9(12)11-4-3-7-8(5-11)14-6-10-7/h3-4,6H,2,5H2,1H3. The van der Waals surface area contributed by atoms with E-state index in [0.29, 0.717) is 18.9 Å². The van der Waals surface area contributed by atoms with Crippen LogP contribution in [0.3, 0.4) is 0 Å². The highest BCUT2D eigenvalue weighted by Gasteiger charge is 2.20. The maximum absolute atomic E-state index is 11.3. The second kappa shape index (κ2) is 3.53. The van der Waals surface area contributed by atoms with E-state index in [1.54, 1.807) is 19.2 Å². The summed E-state index contributed by atoms with van der Waals surface area (Å²) in [4.78, 5) is 16.7. The van der Waals surface area contributed by atoms with Crippen LogP contribution in [0.4, 0.5) is 4.79 Å². The lowest BCUT2D eigenvalue weighted by molar-refractivity contribution is 0.118. The van der Waals surface area contributed by atoms with Gasteiger partial charge in [-0.15, -0.1) is 0 Å². The highest BCUT2D eigenvalue weighted by Crippen LogP contribution is 2.18. The Labute approximate surface area is 81.0 Å². The molecule has 0 atom stereocenters. The van der Waals surface area contributed by atoms with Gasteiger partial charge in [0, 0.05) is 6.20 Å². The van der Waals surface area contributed by atoms with E-state index in [4.69, 9.17) is 9.15 Å². The largest absolute Gasteiger partial charge is 0.449 e. The van der Waals surface area contributed by atoms with E-state index >= 15 is 0 Å². The third kappa shape index (κ3) is 1.48. The van der Waals surface area contributed by atoms with E-state index in [1.165, 1.54) is 11.3 Å². The SMILES string of the molecule is CCOC(=O)N1C=Cc2ncoc2C1. The van der Waals surface area contributed by atoms with Crippen LogP contribution < -0.4 is 0 Å². The number of carbonyl (C=O) groups excluding carboxylic acids is 1. The van der Waals surface area contributed by atoms with Gasteiger partial charge in [0.25, 0.3) is 0 Å². The Kier molecular flexibility index (Phi) is 2.22.